The maximum Gasteiger partial charge on any atom is 0.175 e. The molecule has 0 spiro atoms. The van der Waals surface area contributed by atoms with Crippen LogP contribution in [-0.4, -0.2) is 13.3 Å². The summed E-state index contributed by atoms with van der Waals surface area (Å²) in [7, 11) is 1.60. The van der Waals surface area contributed by atoms with Crippen molar-refractivity contribution < 1.29 is 13.9 Å². The monoisotopic (exact) mass is 582 g/mol. The van der Waals surface area contributed by atoms with Crippen LogP contribution in [0.2, 0.25) is 0 Å². The minimum Gasteiger partial charge on any atom is -0.493 e. The third kappa shape index (κ3) is 5.34. The first-order valence-electron chi connectivity index (χ1n) is 13.0. The van der Waals surface area contributed by atoms with E-state index in [0.29, 0.717) is 23.3 Å². The third-order valence-corrected chi connectivity index (χ3v) is 8.00. The van der Waals surface area contributed by atoms with Gasteiger partial charge in [0.15, 0.2) is 11.5 Å². The van der Waals surface area contributed by atoms with Gasteiger partial charge in [0.1, 0.15) is 12.4 Å². The van der Waals surface area contributed by atoms with Crippen LogP contribution in [0.5, 0.6) is 11.5 Å². The largest absolute Gasteiger partial charge is 0.493 e. The number of halogens is 2. The molecule has 0 aromatic heterocycles. The van der Waals surface area contributed by atoms with Gasteiger partial charge in [-0.15, -0.1) is 0 Å². The molecule has 0 saturated heterocycles. The van der Waals surface area contributed by atoms with E-state index in [2.05, 4.69) is 81.9 Å². The molecule has 3 atom stereocenters. The molecule has 196 valence electrons. The first-order valence-corrected chi connectivity index (χ1v) is 13.8. The Bertz CT molecular complexity index is 1550. The Labute approximate surface area is 236 Å². The maximum absolute atomic E-state index is 13.5. The van der Waals surface area contributed by atoms with E-state index in [1.807, 2.05) is 24.4 Å². The topological polar surface area (TPSA) is 42.8 Å². The van der Waals surface area contributed by atoms with Crippen molar-refractivity contribution in [3.8, 4) is 11.5 Å². The van der Waals surface area contributed by atoms with Crippen molar-refractivity contribution in [2.45, 2.75) is 25.0 Å². The molecule has 0 amide bonds. The van der Waals surface area contributed by atoms with E-state index in [4.69, 9.17) is 14.5 Å². The lowest BCUT2D eigenvalue weighted by Crippen LogP contribution is -2.28. The number of para-hydroxylation sites is 1. The predicted molar refractivity (Wildman–Crippen MR) is 158 cm³/mol. The van der Waals surface area contributed by atoms with Crippen LogP contribution < -0.4 is 14.8 Å². The van der Waals surface area contributed by atoms with Gasteiger partial charge in [-0.25, -0.2) is 4.39 Å². The maximum atomic E-state index is 13.5. The minimum absolute atomic E-state index is 0.228. The SMILES string of the molecule is COc1cc(C=Nc2ccc([C@@H]3Nc4ccccc4[C@@H]4C=CC[C@@H]43)cc2)cc(Br)c1OCc1cccc(F)c1. The zero-order valence-corrected chi connectivity index (χ0v) is 23.1. The van der Waals surface area contributed by atoms with Crippen LogP contribution in [-0.2, 0) is 6.61 Å². The molecule has 4 aromatic carbocycles. The average Bonchev–Trinajstić information content (AvgIpc) is 3.46. The Balaban J connectivity index is 1.17. The highest BCUT2D eigenvalue weighted by Crippen LogP contribution is 2.49. The van der Waals surface area contributed by atoms with Gasteiger partial charge in [-0.3, -0.25) is 4.99 Å². The quantitative estimate of drug-likeness (QED) is 0.175. The van der Waals surface area contributed by atoms with Gasteiger partial charge in [-0.2, -0.15) is 0 Å². The van der Waals surface area contributed by atoms with Gasteiger partial charge in [0.05, 0.1) is 23.3 Å². The number of anilines is 1. The van der Waals surface area contributed by atoms with Crippen LogP contribution in [0, 0.1) is 11.7 Å². The molecular weight excluding hydrogens is 555 g/mol. The number of fused-ring (bicyclic) bond motifs is 3. The Hall–Kier alpha value is -3.90. The van der Waals surface area contributed by atoms with Gasteiger partial charge in [0.25, 0.3) is 0 Å². The van der Waals surface area contributed by atoms with Gasteiger partial charge in [0.2, 0.25) is 0 Å². The average molecular weight is 584 g/mol. The molecule has 1 heterocycles. The summed E-state index contributed by atoms with van der Waals surface area (Å²) in [6.07, 6.45) is 7.56. The number of aliphatic imine (C=N–C) groups is 1. The smallest absolute Gasteiger partial charge is 0.175 e. The van der Waals surface area contributed by atoms with Gasteiger partial charge in [-0.05, 0) is 93.0 Å². The van der Waals surface area contributed by atoms with Gasteiger partial charge in [0, 0.05) is 17.8 Å². The molecule has 1 aliphatic heterocycles. The lowest BCUT2D eigenvalue weighted by Gasteiger charge is -2.37. The Kier molecular flexibility index (Phi) is 7.20. The third-order valence-electron chi connectivity index (χ3n) is 7.41. The summed E-state index contributed by atoms with van der Waals surface area (Å²) in [6.45, 7) is 0.228. The molecule has 0 bridgehead atoms. The molecule has 6 rings (SSSR count). The molecule has 4 aromatic rings. The highest BCUT2D eigenvalue weighted by atomic mass is 79.9. The second kappa shape index (κ2) is 11.1. The molecule has 1 N–H and O–H groups in total. The number of benzene rings is 4. The Morgan fingerprint density at radius 3 is 2.69 bits per heavy atom. The molecule has 1 aliphatic carbocycles. The van der Waals surface area contributed by atoms with Crippen molar-refractivity contribution in [1.29, 1.82) is 0 Å². The lowest BCUT2D eigenvalue weighted by atomic mass is 9.77. The van der Waals surface area contributed by atoms with Crippen molar-refractivity contribution in [3.63, 3.8) is 0 Å². The number of nitrogens with one attached hydrogen (secondary N) is 1. The first-order chi connectivity index (χ1) is 19.1. The molecule has 0 fully saturated rings. The summed E-state index contributed by atoms with van der Waals surface area (Å²) in [6, 6.07) is 27.5. The zero-order chi connectivity index (χ0) is 26.8. The molecule has 0 radical (unpaired) electrons. The van der Waals surface area contributed by atoms with E-state index in [9.17, 15) is 4.39 Å². The van der Waals surface area contributed by atoms with Crippen LogP contribution in [0.4, 0.5) is 15.8 Å². The standard InChI is InChI=1S/C33H28BrFN2O2/c1-38-31-18-22(17-29(34)33(31)39-20-21-6-4-7-24(35)16-21)19-36-25-14-12-23(13-15-25)32-28-10-5-9-26(28)27-8-2-3-11-30(27)37-32/h2-9,11-19,26,28,32,37H,10,20H2,1H3/t26-,28-,32-/m0/s1. The zero-order valence-electron chi connectivity index (χ0n) is 21.5. The molecule has 0 saturated carbocycles. The normalized spacial score (nSPS) is 19.4. The fourth-order valence-electron chi connectivity index (χ4n) is 5.53. The molecule has 39 heavy (non-hydrogen) atoms. The summed E-state index contributed by atoms with van der Waals surface area (Å²) in [5, 5.41) is 3.78. The molecule has 6 heteroatoms. The Morgan fingerprint density at radius 2 is 1.87 bits per heavy atom. The van der Waals surface area contributed by atoms with Crippen molar-refractivity contribution in [2.24, 2.45) is 10.9 Å². The number of hydrogen-bond acceptors (Lipinski definition) is 4. The minimum atomic E-state index is -0.290. The van der Waals surface area contributed by atoms with Crippen LogP contribution in [0.1, 0.15) is 40.6 Å². The summed E-state index contributed by atoms with van der Waals surface area (Å²) in [5.41, 5.74) is 6.36. The number of ether oxygens (including phenoxy) is 2. The van der Waals surface area contributed by atoms with E-state index in [-0.39, 0.29) is 18.5 Å². The fraction of sp³-hybridized carbons (Fsp3) is 0.182. The number of allylic oxidation sites excluding steroid dienone is 2. The van der Waals surface area contributed by atoms with E-state index in [1.54, 1.807) is 13.2 Å². The molecular formula is C33H28BrFN2O2. The predicted octanol–water partition coefficient (Wildman–Crippen LogP) is 8.75. The van der Waals surface area contributed by atoms with Crippen molar-refractivity contribution in [1.82, 2.24) is 0 Å². The summed E-state index contributed by atoms with van der Waals surface area (Å²) < 4.78 is 25.8. The van der Waals surface area contributed by atoms with Crippen molar-refractivity contribution in [2.75, 3.05) is 12.4 Å². The van der Waals surface area contributed by atoms with Gasteiger partial charge in [-0.1, -0.05) is 54.6 Å². The van der Waals surface area contributed by atoms with Crippen LogP contribution in [0.15, 0.2) is 107 Å². The van der Waals surface area contributed by atoms with E-state index >= 15 is 0 Å². The second-order valence-corrected chi connectivity index (χ2v) is 10.7. The van der Waals surface area contributed by atoms with Crippen LogP contribution in [0.25, 0.3) is 0 Å². The van der Waals surface area contributed by atoms with Crippen molar-refractivity contribution >= 4 is 33.5 Å². The number of nitrogens with zero attached hydrogens (tertiary/aromatic N) is 1. The van der Waals surface area contributed by atoms with Crippen molar-refractivity contribution in [3.05, 3.63) is 130 Å². The number of hydrogen-bond donors (Lipinski definition) is 1. The second-order valence-electron chi connectivity index (χ2n) is 9.87. The first kappa shape index (κ1) is 25.4. The molecule has 4 nitrogen and oxygen atoms in total. The summed E-state index contributed by atoms with van der Waals surface area (Å²) in [5.74, 6) is 1.81. The Morgan fingerprint density at radius 1 is 1.03 bits per heavy atom. The summed E-state index contributed by atoms with van der Waals surface area (Å²) in [4.78, 5) is 4.70. The summed E-state index contributed by atoms with van der Waals surface area (Å²) >= 11 is 3.59. The van der Waals surface area contributed by atoms with E-state index in [0.717, 1.165) is 27.7 Å². The highest BCUT2D eigenvalue weighted by Gasteiger charge is 2.37. The molecule has 2 aliphatic rings. The lowest BCUT2D eigenvalue weighted by molar-refractivity contribution is 0.282. The molecule has 0 unspecified atom stereocenters. The fourth-order valence-corrected chi connectivity index (χ4v) is 6.10. The van der Waals surface area contributed by atoms with E-state index < -0.39 is 0 Å². The van der Waals surface area contributed by atoms with E-state index in [1.165, 1.54) is 28.9 Å². The van der Waals surface area contributed by atoms with Crippen LogP contribution in [0.3, 0.4) is 0 Å². The number of rotatable bonds is 7. The van der Waals surface area contributed by atoms with Gasteiger partial charge >= 0.3 is 0 Å². The highest BCUT2D eigenvalue weighted by molar-refractivity contribution is 9.10. The van der Waals surface area contributed by atoms with Crippen LogP contribution >= 0.6 is 15.9 Å². The number of methoxy groups -OCH3 is 1. The van der Waals surface area contributed by atoms with Gasteiger partial charge < -0.3 is 14.8 Å².